The number of fused-ring (bicyclic) bond motifs is 1. The number of nitrogens with zero attached hydrogens (tertiary/aromatic N) is 2. The fourth-order valence-corrected chi connectivity index (χ4v) is 4.23. The Labute approximate surface area is 125 Å². The maximum atomic E-state index is 12.4. The molecule has 7 heteroatoms. The van der Waals surface area contributed by atoms with Crippen LogP contribution in [0, 0.1) is 10.1 Å². The molecule has 106 valence electrons. The molecule has 0 N–H and O–H groups in total. The van der Waals surface area contributed by atoms with E-state index in [1.807, 2.05) is 12.1 Å². The van der Waals surface area contributed by atoms with Gasteiger partial charge in [-0.15, -0.1) is 0 Å². The van der Waals surface area contributed by atoms with Crippen molar-refractivity contribution in [2.75, 3.05) is 7.11 Å². The number of rotatable bonds is 3. The topological polar surface area (TPSA) is 74.4 Å². The maximum absolute atomic E-state index is 12.4. The van der Waals surface area contributed by atoms with Crippen molar-refractivity contribution in [2.24, 2.45) is 0 Å². The van der Waals surface area contributed by atoms with E-state index in [0.29, 0.717) is 16.8 Å². The first-order valence-electron chi connectivity index (χ1n) is 6.05. The number of nitro benzene ring substituents is 1. The summed E-state index contributed by atoms with van der Waals surface area (Å²) in [6.07, 6.45) is 0. The summed E-state index contributed by atoms with van der Waals surface area (Å²) in [5, 5.41) is 11.9. The van der Waals surface area contributed by atoms with E-state index in [1.54, 1.807) is 24.3 Å². The first kappa shape index (κ1) is 13.6. The molecule has 0 unspecified atom stereocenters. The number of hydrogen-bond acceptors (Lipinski definition) is 4. The Balaban J connectivity index is 2.30. The average molecular weight is 349 g/mol. The number of aromatic nitrogens is 1. The average Bonchev–Trinajstić information content (AvgIpc) is 2.84. The van der Waals surface area contributed by atoms with Crippen molar-refractivity contribution >= 4 is 30.1 Å². The molecular weight excluding hydrogens is 339 g/mol. The monoisotopic (exact) mass is 350 g/mol. The van der Waals surface area contributed by atoms with Crippen LogP contribution in [0.25, 0.3) is 15.3 Å². The van der Waals surface area contributed by atoms with Crippen molar-refractivity contribution in [1.29, 1.82) is 0 Å². The van der Waals surface area contributed by atoms with E-state index >= 15 is 0 Å². The summed E-state index contributed by atoms with van der Waals surface area (Å²) >= 11 is -0.299. The molecule has 0 atom stereocenters. The van der Waals surface area contributed by atoms with Crippen LogP contribution < -0.4 is 10.3 Å². The number of nitro groups is 1. The van der Waals surface area contributed by atoms with E-state index in [2.05, 4.69) is 0 Å². The second kappa shape index (κ2) is 5.20. The quantitative estimate of drug-likeness (QED) is 0.412. The van der Waals surface area contributed by atoms with Crippen LogP contribution in [-0.2, 0) is 0 Å². The SMILES string of the molecule is COc1ccc(-n2[se]c3ccccc3c2=O)c([N+](=O)[O-])c1. The molecule has 6 nitrogen and oxygen atoms in total. The van der Waals surface area contributed by atoms with Crippen molar-refractivity contribution < 1.29 is 9.66 Å². The number of benzene rings is 2. The molecule has 0 aliphatic carbocycles. The number of ether oxygens (including phenoxy) is 1. The Hall–Kier alpha value is -2.37. The number of methoxy groups -OCH3 is 1. The molecule has 1 aromatic heterocycles. The molecule has 3 aromatic rings. The molecule has 1 heterocycles. The summed E-state index contributed by atoms with van der Waals surface area (Å²) in [6.45, 7) is 0. The molecule has 0 amide bonds. The Bertz CT molecular complexity index is 897. The summed E-state index contributed by atoms with van der Waals surface area (Å²) in [7, 11) is 1.44. The molecule has 2 aromatic carbocycles. The second-order valence-electron chi connectivity index (χ2n) is 4.30. The minimum atomic E-state index is -0.496. The Kier molecular flexibility index (Phi) is 3.37. The van der Waals surface area contributed by atoms with E-state index in [0.717, 1.165) is 4.26 Å². The molecular formula is C14H10N2O4Se. The summed E-state index contributed by atoms with van der Waals surface area (Å²) in [5.41, 5.74) is -0.0155. The van der Waals surface area contributed by atoms with Crippen LogP contribution in [0.3, 0.4) is 0 Å². The third-order valence-electron chi connectivity index (χ3n) is 3.09. The summed E-state index contributed by atoms with van der Waals surface area (Å²) < 4.78 is 7.42. The second-order valence-corrected chi connectivity index (χ2v) is 6.37. The van der Waals surface area contributed by atoms with E-state index in [1.165, 1.54) is 16.7 Å². The van der Waals surface area contributed by atoms with Gasteiger partial charge in [0, 0.05) is 0 Å². The zero-order chi connectivity index (χ0) is 15.0. The van der Waals surface area contributed by atoms with Crippen molar-refractivity contribution in [3.8, 4) is 11.4 Å². The number of hydrogen-bond donors (Lipinski definition) is 0. The van der Waals surface area contributed by atoms with Gasteiger partial charge in [0.1, 0.15) is 0 Å². The molecule has 0 aliphatic heterocycles. The fourth-order valence-electron chi connectivity index (χ4n) is 2.08. The van der Waals surface area contributed by atoms with Gasteiger partial charge in [0.25, 0.3) is 0 Å². The summed E-state index contributed by atoms with van der Waals surface area (Å²) in [4.78, 5) is 23.2. The third kappa shape index (κ3) is 2.26. The van der Waals surface area contributed by atoms with Gasteiger partial charge in [-0.25, -0.2) is 0 Å². The van der Waals surface area contributed by atoms with Gasteiger partial charge in [-0.1, -0.05) is 0 Å². The van der Waals surface area contributed by atoms with Gasteiger partial charge in [-0.3, -0.25) is 0 Å². The first-order valence-corrected chi connectivity index (χ1v) is 7.68. The van der Waals surface area contributed by atoms with Gasteiger partial charge in [0.15, 0.2) is 0 Å². The van der Waals surface area contributed by atoms with Gasteiger partial charge in [-0.2, -0.15) is 0 Å². The van der Waals surface area contributed by atoms with Gasteiger partial charge in [-0.05, 0) is 0 Å². The van der Waals surface area contributed by atoms with Crippen molar-refractivity contribution in [3.63, 3.8) is 0 Å². The molecule has 0 spiro atoms. The summed E-state index contributed by atoms with van der Waals surface area (Å²) in [6, 6.07) is 11.8. The molecule has 0 bridgehead atoms. The molecule has 3 rings (SSSR count). The normalized spacial score (nSPS) is 10.7. The van der Waals surface area contributed by atoms with Crippen LogP contribution >= 0.6 is 0 Å². The van der Waals surface area contributed by atoms with Gasteiger partial charge < -0.3 is 0 Å². The predicted molar refractivity (Wildman–Crippen MR) is 79.7 cm³/mol. The van der Waals surface area contributed by atoms with Crippen LogP contribution in [0.4, 0.5) is 5.69 Å². The predicted octanol–water partition coefficient (Wildman–Crippen LogP) is 1.96. The van der Waals surface area contributed by atoms with E-state index in [4.69, 9.17) is 4.74 Å². The van der Waals surface area contributed by atoms with Crippen molar-refractivity contribution in [3.05, 3.63) is 62.9 Å². The molecule has 0 aliphatic rings. The molecule has 21 heavy (non-hydrogen) atoms. The van der Waals surface area contributed by atoms with Crippen LogP contribution in [0.2, 0.25) is 0 Å². The zero-order valence-electron chi connectivity index (χ0n) is 11.0. The van der Waals surface area contributed by atoms with Crippen LogP contribution in [0.5, 0.6) is 5.75 Å². The van der Waals surface area contributed by atoms with E-state index < -0.39 is 4.92 Å². The summed E-state index contributed by atoms with van der Waals surface area (Å²) in [5.74, 6) is 0.391. The van der Waals surface area contributed by atoms with Gasteiger partial charge in [0.05, 0.1) is 0 Å². The molecule has 0 fully saturated rings. The Morgan fingerprint density at radius 2 is 2.00 bits per heavy atom. The molecule has 0 radical (unpaired) electrons. The minimum absolute atomic E-state index is 0.127. The van der Waals surface area contributed by atoms with Crippen LogP contribution in [-0.4, -0.2) is 30.3 Å². The molecule has 0 saturated carbocycles. The van der Waals surface area contributed by atoms with Gasteiger partial charge in [0.2, 0.25) is 0 Å². The van der Waals surface area contributed by atoms with E-state index in [-0.39, 0.29) is 26.0 Å². The molecule has 0 saturated heterocycles. The van der Waals surface area contributed by atoms with Gasteiger partial charge >= 0.3 is 125 Å². The standard InChI is InChI=1S/C14H10N2O4Se/c1-20-9-6-7-11(12(8-9)16(18)19)15-14(17)10-4-2-3-5-13(10)21-15/h2-8H,1H3. The van der Waals surface area contributed by atoms with Crippen molar-refractivity contribution in [2.45, 2.75) is 0 Å². The fraction of sp³-hybridized carbons (Fsp3) is 0.0714. The Morgan fingerprint density at radius 3 is 2.67 bits per heavy atom. The zero-order valence-corrected chi connectivity index (χ0v) is 12.7. The Morgan fingerprint density at radius 1 is 1.24 bits per heavy atom. The van der Waals surface area contributed by atoms with Crippen LogP contribution in [0.1, 0.15) is 0 Å². The third-order valence-corrected chi connectivity index (χ3v) is 5.39. The first-order chi connectivity index (χ1) is 10.1. The van der Waals surface area contributed by atoms with Crippen molar-refractivity contribution in [1.82, 2.24) is 3.56 Å². The van der Waals surface area contributed by atoms with Crippen LogP contribution in [0.15, 0.2) is 47.3 Å². The van der Waals surface area contributed by atoms with E-state index in [9.17, 15) is 14.9 Å².